The van der Waals surface area contributed by atoms with Crippen molar-refractivity contribution in [1.82, 2.24) is 5.32 Å². The zero-order valence-corrected chi connectivity index (χ0v) is 13.3. The summed E-state index contributed by atoms with van der Waals surface area (Å²) in [5.41, 5.74) is 6.26. The lowest BCUT2D eigenvalue weighted by Crippen LogP contribution is -2.48. The minimum Gasteiger partial charge on any atom is -0.353 e. The molecule has 0 heterocycles. The Hall–Kier alpha value is -0.280. The largest absolute Gasteiger partial charge is 0.353 e. The van der Waals surface area contributed by atoms with Crippen molar-refractivity contribution in [3.8, 4) is 0 Å². The maximum absolute atomic E-state index is 12.5. The molecule has 20 heavy (non-hydrogen) atoms. The van der Waals surface area contributed by atoms with Crippen molar-refractivity contribution in [3.63, 3.8) is 0 Å². The van der Waals surface area contributed by atoms with Crippen LogP contribution >= 0.6 is 12.4 Å². The minimum absolute atomic E-state index is 0. The van der Waals surface area contributed by atoms with Crippen molar-refractivity contribution in [3.05, 3.63) is 0 Å². The lowest BCUT2D eigenvalue weighted by Gasteiger charge is -2.29. The van der Waals surface area contributed by atoms with Gasteiger partial charge < -0.3 is 11.1 Å². The van der Waals surface area contributed by atoms with Gasteiger partial charge >= 0.3 is 0 Å². The lowest BCUT2D eigenvalue weighted by atomic mass is 9.84. The van der Waals surface area contributed by atoms with Gasteiger partial charge in [-0.2, -0.15) is 0 Å². The number of nitrogens with one attached hydrogen (secondary N) is 1. The minimum atomic E-state index is 0. The van der Waals surface area contributed by atoms with Gasteiger partial charge in [-0.25, -0.2) is 0 Å². The number of carbonyl (C=O) groups excluding carboxylic acids is 1. The average Bonchev–Trinajstić information content (AvgIpc) is 2.90. The third kappa shape index (κ3) is 3.14. The van der Waals surface area contributed by atoms with Crippen molar-refractivity contribution in [2.75, 3.05) is 0 Å². The number of hydrogen-bond donors (Lipinski definition) is 2. The molecular formula is C16H29ClN2O. The van der Waals surface area contributed by atoms with Gasteiger partial charge in [0.05, 0.1) is 5.92 Å². The van der Waals surface area contributed by atoms with Gasteiger partial charge in [0.2, 0.25) is 5.91 Å². The third-order valence-corrected chi connectivity index (χ3v) is 5.89. The maximum Gasteiger partial charge on any atom is 0.225 e. The molecule has 0 radical (unpaired) electrons. The van der Waals surface area contributed by atoms with Crippen molar-refractivity contribution in [2.24, 2.45) is 29.4 Å². The van der Waals surface area contributed by atoms with E-state index in [2.05, 4.69) is 12.2 Å². The summed E-state index contributed by atoms with van der Waals surface area (Å²) in [5, 5.41) is 3.32. The summed E-state index contributed by atoms with van der Waals surface area (Å²) in [6.45, 7) is 2.33. The average molecular weight is 301 g/mol. The molecule has 0 saturated heterocycles. The molecule has 0 aliphatic heterocycles. The molecule has 1 amide bonds. The number of nitrogens with two attached hydrogens (primary N) is 1. The Morgan fingerprint density at radius 3 is 2.50 bits per heavy atom. The molecule has 6 unspecified atom stereocenters. The van der Waals surface area contributed by atoms with Crippen LogP contribution in [0.5, 0.6) is 0 Å². The summed E-state index contributed by atoms with van der Waals surface area (Å²) in [5.74, 6) is 2.39. The first-order valence-corrected chi connectivity index (χ1v) is 8.21. The molecule has 3 aliphatic carbocycles. The van der Waals surface area contributed by atoms with Crippen molar-refractivity contribution < 1.29 is 4.79 Å². The Morgan fingerprint density at radius 2 is 1.80 bits per heavy atom. The second kappa shape index (κ2) is 6.65. The topological polar surface area (TPSA) is 55.1 Å². The standard InChI is InChI=1S/C16H28N2O.ClH/c1-10-3-2-4-13(8-5-10)18-16(19)14-11-6-7-12(9-11)15(14)17;/h10-15H,2-9,17H2,1H3,(H,18,19);1H. The van der Waals surface area contributed by atoms with Gasteiger partial charge in [0.1, 0.15) is 0 Å². The molecule has 3 rings (SSSR count). The molecule has 4 heteroatoms. The summed E-state index contributed by atoms with van der Waals surface area (Å²) >= 11 is 0. The number of hydrogen-bond acceptors (Lipinski definition) is 2. The molecule has 0 aromatic carbocycles. The van der Waals surface area contributed by atoms with Crippen LogP contribution in [0.15, 0.2) is 0 Å². The van der Waals surface area contributed by atoms with Gasteiger partial charge in [-0.15, -0.1) is 12.4 Å². The number of carbonyl (C=O) groups is 1. The van der Waals surface area contributed by atoms with Crippen molar-refractivity contribution in [2.45, 2.75) is 70.4 Å². The SMILES string of the molecule is CC1CCCC(NC(=O)C2C3CCC(C3)C2N)CC1.Cl. The molecular weight excluding hydrogens is 272 g/mol. The molecule has 2 bridgehead atoms. The van der Waals surface area contributed by atoms with Gasteiger partial charge in [0.15, 0.2) is 0 Å². The highest BCUT2D eigenvalue weighted by atomic mass is 35.5. The quantitative estimate of drug-likeness (QED) is 0.771. The van der Waals surface area contributed by atoms with Crippen LogP contribution in [0.4, 0.5) is 0 Å². The number of rotatable bonds is 2. The highest BCUT2D eigenvalue weighted by molar-refractivity contribution is 5.85. The van der Waals surface area contributed by atoms with Crippen LogP contribution in [0.1, 0.15) is 58.3 Å². The Balaban J connectivity index is 0.00000147. The Labute approximate surface area is 128 Å². The van der Waals surface area contributed by atoms with Crippen LogP contribution in [-0.2, 0) is 4.79 Å². The van der Waals surface area contributed by atoms with Gasteiger partial charge in [-0.05, 0) is 56.3 Å². The zero-order chi connectivity index (χ0) is 13.4. The lowest BCUT2D eigenvalue weighted by molar-refractivity contribution is -0.127. The molecule has 116 valence electrons. The molecule has 3 saturated carbocycles. The molecule has 3 fully saturated rings. The number of amides is 1. The van der Waals surface area contributed by atoms with Gasteiger partial charge in [-0.3, -0.25) is 4.79 Å². The second-order valence-electron chi connectivity index (χ2n) is 7.26. The fraction of sp³-hybridized carbons (Fsp3) is 0.938. The first-order valence-electron chi connectivity index (χ1n) is 8.21. The highest BCUT2D eigenvalue weighted by Gasteiger charge is 2.49. The fourth-order valence-electron chi connectivity index (χ4n) is 4.65. The summed E-state index contributed by atoms with van der Waals surface area (Å²) in [4.78, 5) is 12.5. The monoisotopic (exact) mass is 300 g/mol. The van der Waals surface area contributed by atoms with E-state index in [-0.39, 0.29) is 30.3 Å². The van der Waals surface area contributed by atoms with Crippen LogP contribution in [-0.4, -0.2) is 18.0 Å². The first kappa shape index (κ1) is 16.1. The summed E-state index contributed by atoms with van der Waals surface area (Å²) < 4.78 is 0. The highest BCUT2D eigenvalue weighted by Crippen LogP contribution is 2.47. The van der Waals surface area contributed by atoms with Crippen LogP contribution in [0, 0.1) is 23.7 Å². The fourth-order valence-corrected chi connectivity index (χ4v) is 4.65. The van der Waals surface area contributed by atoms with E-state index in [1.807, 2.05) is 0 Å². The van der Waals surface area contributed by atoms with Gasteiger partial charge in [-0.1, -0.05) is 19.8 Å². The summed E-state index contributed by atoms with van der Waals surface area (Å²) in [6.07, 6.45) is 9.81. The van der Waals surface area contributed by atoms with Gasteiger partial charge in [0.25, 0.3) is 0 Å². The van der Waals surface area contributed by atoms with Crippen molar-refractivity contribution >= 4 is 18.3 Å². The van der Waals surface area contributed by atoms with E-state index in [0.717, 1.165) is 18.8 Å². The normalized spacial score (nSPS) is 43.7. The molecule has 0 aromatic rings. The molecule has 6 atom stereocenters. The maximum atomic E-state index is 12.5. The van der Waals surface area contributed by atoms with E-state index in [0.29, 0.717) is 17.9 Å². The molecule has 0 spiro atoms. The second-order valence-corrected chi connectivity index (χ2v) is 7.26. The van der Waals surface area contributed by atoms with E-state index in [1.165, 1.54) is 38.5 Å². The molecule has 3 aliphatic rings. The van der Waals surface area contributed by atoms with Crippen LogP contribution in [0.2, 0.25) is 0 Å². The van der Waals surface area contributed by atoms with E-state index < -0.39 is 0 Å². The van der Waals surface area contributed by atoms with E-state index in [1.54, 1.807) is 0 Å². The van der Waals surface area contributed by atoms with E-state index >= 15 is 0 Å². The molecule has 3 nitrogen and oxygen atoms in total. The van der Waals surface area contributed by atoms with Crippen molar-refractivity contribution in [1.29, 1.82) is 0 Å². The van der Waals surface area contributed by atoms with E-state index in [9.17, 15) is 4.79 Å². The predicted octanol–water partition coefficient (Wildman–Crippen LogP) is 2.87. The summed E-state index contributed by atoms with van der Waals surface area (Å²) in [7, 11) is 0. The number of fused-ring (bicyclic) bond motifs is 2. The van der Waals surface area contributed by atoms with Gasteiger partial charge in [0, 0.05) is 12.1 Å². The zero-order valence-electron chi connectivity index (χ0n) is 12.5. The molecule has 3 N–H and O–H groups in total. The predicted molar refractivity (Wildman–Crippen MR) is 83.7 cm³/mol. The van der Waals surface area contributed by atoms with Crippen LogP contribution in [0.3, 0.4) is 0 Å². The van der Waals surface area contributed by atoms with Crippen LogP contribution < -0.4 is 11.1 Å². The van der Waals surface area contributed by atoms with E-state index in [4.69, 9.17) is 5.73 Å². The summed E-state index contributed by atoms with van der Waals surface area (Å²) in [6, 6.07) is 0.534. The molecule has 0 aromatic heterocycles. The number of halogens is 1. The smallest absolute Gasteiger partial charge is 0.225 e. The Bertz CT molecular complexity index is 347. The third-order valence-electron chi connectivity index (χ3n) is 5.89. The first-order chi connectivity index (χ1) is 9.15. The Kier molecular flexibility index (Phi) is 5.36. The Morgan fingerprint density at radius 1 is 1.05 bits per heavy atom. The van der Waals surface area contributed by atoms with Crippen LogP contribution in [0.25, 0.3) is 0 Å².